The van der Waals surface area contributed by atoms with Gasteiger partial charge in [-0.05, 0) is 31.9 Å². The van der Waals surface area contributed by atoms with Crippen LogP contribution >= 0.6 is 0 Å². The lowest BCUT2D eigenvalue weighted by Gasteiger charge is -2.41. The van der Waals surface area contributed by atoms with Crippen LogP contribution in [0.3, 0.4) is 0 Å². The van der Waals surface area contributed by atoms with Crippen LogP contribution in [0.15, 0.2) is 30.3 Å². The molecule has 20 heavy (non-hydrogen) atoms. The molecule has 1 atom stereocenters. The van der Waals surface area contributed by atoms with Gasteiger partial charge in [0.25, 0.3) is 11.8 Å². The molecular weight excluding hydrogens is 254 g/mol. The molecule has 1 aromatic rings. The van der Waals surface area contributed by atoms with Gasteiger partial charge in [-0.2, -0.15) is 0 Å². The lowest BCUT2D eigenvalue weighted by molar-refractivity contribution is -0.169. The minimum absolute atomic E-state index is 0.00579. The summed E-state index contributed by atoms with van der Waals surface area (Å²) in [6.07, 6.45) is 1.92. The molecule has 0 saturated carbocycles. The Hall–Kier alpha value is -2.04. The van der Waals surface area contributed by atoms with Crippen molar-refractivity contribution in [2.75, 3.05) is 24.5 Å². The third-order valence-electron chi connectivity index (χ3n) is 3.99. The first kappa shape index (κ1) is 13.0. The molecule has 0 spiro atoms. The minimum Gasteiger partial charge on any atom is -0.353 e. The third kappa shape index (κ3) is 2.24. The van der Waals surface area contributed by atoms with Crippen LogP contribution in [0.5, 0.6) is 0 Å². The molecule has 5 nitrogen and oxygen atoms in total. The van der Waals surface area contributed by atoms with E-state index in [4.69, 9.17) is 0 Å². The number of hydrogen-bond donors (Lipinski definition) is 0. The molecule has 2 aliphatic rings. The summed E-state index contributed by atoms with van der Waals surface area (Å²) in [5, 5.41) is 3.30. The summed E-state index contributed by atoms with van der Waals surface area (Å²) in [5.41, 5.74) is 0.919. The first-order valence-electron chi connectivity index (χ1n) is 7.09. The summed E-state index contributed by atoms with van der Waals surface area (Å²) < 4.78 is 0. The standard InChI is InChI=1S/C15H19N3O2/c1-12-6-5-9-17-14(19)10-16(11-15(20)18(12)17)13-7-3-2-4-8-13/h2-4,7-8,12H,5-6,9-11H2,1H3/t12-/m1/s1. The molecule has 0 N–H and O–H groups in total. The number of fused-ring (bicyclic) bond motifs is 1. The molecule has 3 rings (SSSR count). The molecule has 0 aliphatic carbocycles. The Labute approximate surface area is 118 Å². The number of carbonyl (C=O) groups excluding carboxylic acids is 2. The lowest BCUT2D eigenvalue weighted by atomic mass is 10.1. The van der Waals surface area contributed by atoms with E-state index in [0.717, 1.165) is 18.5 Å². The predicted octanol–water partition coefficient (Wildman–Crippen LogP) is 1.26. The normalized spacial score (nSPS) is 23.6. The van der Waals surface area contributed by atoms with Gasteiger partial charge in [0.2, 0.25) is 0 Å². The summed E-state index contributed by atoms with van der Waals surface area (Å²) in [7, 11) is 0. The van der Waals surface area contributed by atoms with E-state index in [2.05, 4.69) is 0 Å². The molecule has 106 valence electrons. The molecule has 2 amide bonds. The van der Waals surface area contributed by atoms with E-state index in [9.17, 15) is 9.59 Å². The summed E-state index contributed by atoms with van der Waals surface area (Å²) >= 11 is 0. The first-order valence-corrected chi connectivity index (χ1v) is 7.09. The van der Waals surface area contributed by atoms with E-state index in [1.54, 1.807) is 10.0 Å². The van der Waals surface area contributed by atoms with Crippen LogP contribution in [0.25, 0.3) is 0 Å². The van der Waals surface area contributed by atoms with E-state index < -0.39 is 0 Å². The lowest BCUT2D eigenvalue weighted by Crippen LogP contribution is -2.56. The van der Waals surface area contributed by atoms with Gasteiger partial charge < -0.3 is 4.90 Å². The second-order valence-corrected chi connectivity index (χ2v) is 5.44. The zero-order chi connectivity index (χ0) is 14.1. The number of rotatable bonds is 1. The fourth-order valence-corrected chi connectivity index (χ4v) is 2.99. The number of nitrogens with zero attached hydrogens (tertiary/aromatic N) is 3. The highest BCUT2D eigenvalue weighted by Crippen LogP contribution is 2.23. The van der Waals surface area contributed by atoms with Crippen LogP contribution in [-0.4, -0.2) is 47.5 Å². The fraction of sp³-hybridized carbons (Fsp3) is 0.467. The highest BCUT2D eigenvalue weighted by atomic mass is 16.2. The maximum absolute atomic E-state index is 12.5. The van der Waals surface area contributed by atoms with E-state index in [1.807, 2.05) is 42.2 Å². The maximum Gasteiger partial charge on any atom is 0.260 e. The Morgan fingerprint density at radius 3 is 2.50 bits per heavy atom. The second-order valence-electron chi connectivity index (χ2n) is 5.44. The first-order chi connectivity index (χ1) is 9.66. The number of anilines is 1. The molecule has 1 aromatic carbocycles. The molecule has 0 radical (unpaired) electrons. The summed E-state index contributed by atoms with van der Waals surface area (Å²) in [4.78, 5) is 26.7. The van der Waals surface area contributed by atoms with E-state index in [0.29, 0.717) is 6.54 Å². The second kappa shape index (κ2) is 5.15. The van der Waals surface area contributed by atoms with Crippen molar-refractivity contribution in [1.29, 1.82) is 0 Å². The smallest absolute Gasteiger partial charge is 0.260 e. The molecule has 2 heterocycles. The number of carbonyl (C=O) groups is 2. The Bertz CT molecular complexity index is 517. The zero-order valence-corrected chi connectivity index (χ0v) is 11.7. The molecule has 2 aliphatic heterocycles. The largest absolute Gasteiger partial charge is 0.353 e. The van der Waals surface area contributed by atoms with Gasteiger partial charge in [0.05, 0.1) is 19.1 Å². The predicted molar refractivity (Wildman–Crippen MR) is 75.9 cm³/mol. The van der Waals surface area contributed by atoms with Gasteiger partial charge in [0.1, 0.15) is 0 Å². The zero-order valence-electron chi connectivity index (χ0n) is 11.7. The monoisotopic (exact) mass is 273 g/mol. The Balaban J connectivity index is 1.89. The van der Waals surface area contributed by atoms with Crippen molar-refractivity contribution in [2.24, 2.45) is 0 Å². The summed E-state index contributed by atoms with van der Waals surface area (Å²) in [6.45, 7) is 3.18. The van der Waals surface area contributed by atoms with Crippen molar-refractivity contribution < 1.29 is 9.59 Å². The van der Waals surface area contributed by atoms with Crippen molar-refractivity contribution >= 4 is 17.5 Å². The molecule has 2 fully saturated rings. The molecule has 5 heteroatoms. The Morgan fingerprint density at radius 2 is 1.75 bits per heavy atom. The molecule has 0 bridgehead atoms. The SMILES string of the molecule is C[C@@H]1CCCN2C(=O)CN(c3ccccc3)CC(=O)N12. The van der Waals surface area contributed by atoms with Gasteiger partial charge in [-0.25, -0.2) is 10.0 Å². The van der Waals surface area contributed by atoms with Crippen molar-refractivity contribution in [3.05, 3.63) is 30.3 Å². The van der Waals surface area contributed by atoms with Crippen LogP contribution in [0.1, 0.15) is 19.8 Å². The van der Waals surface area contributed by atoms with Crippen LogP contribution in [-0.2, 0) is 9.59 Å². The molecule has 0 aromatic heterocycles. The van der Waals surface area contributed by atoms with E-state index in [-0.39, 0.29) is 30.9 Å². The van der Waals surface area contributed by atoms with Crippen molar-refractivity contribution in [2.45, 2.75) is 25.8 Å². The number of hydrogen-bond acceptors (Lipinski definition) is 3. The highest BCUT2D eigenvalue weighted by molar-refractivity contribution is 5.91. The van der Waals surface area contributed by atoms with Crippen LogP contribution < -0.4 is 4.90 Å². The number of amides is 2. The van der Waals surface area contributed by atoms with Gasteiger partial charge in [-0.3, -0.25) is 9.59 Å². The number of benzene rings is 1. The molecular formula is C15H19N3O2. The Morgan fingerprint density at radius 1 is 1.05 bits per heavy atom. The minimum atomic E-state index is 0.00579. The van der Waals surface area contributed by atoms with Gasteiger partial charge in [0.15, 0.2) is 0 Å². The van der Waals surface area contributed by atoms with Crippen molar-refractivity contribution in [3.8, 4) is 0 Å². The fourth-order valence-electron chi connectivity index (χ4n) is 2.99. The molecule has 0 unspecified atom stereocenters. The van der Waals surface area contributed by atoms with Crippen LogP contribution in [0.4, 0.5) is 5.69 Å². The van der Waals surface area contributed by atoms with Gasteiger partial charge in [-0.1, -0.05) is 18.2 Å². The topological polar surface area (TPSA) is 43.9 Å². The summed E-state index contributed by atoms with van der Waals surface area (Å²) in [6, 6.07) is 9.75. The van der Waals surface area contributed by atoms with Crippen molar-refractivity contribution in [1.82, 2.24) is 10.0 Å². The third-order valence-corrected chi connectivity index (χ3v) is 3.99. The quantitative estimate of drug-likeness (QED) is 0.774. The summed E-state index contributed by atoms with van der Waals surface area (Å²) in [5.74, 6) is 0.0122. The van der Waals surface area contributed by atoms with Crippen LogP contribution in [0.2, 0.25) is 0 Å². The van der Waals surface area contributed by atoms with Crippen molar-refractivity contribution in [3.63, 3.8) is 0 Å². The molecule has 2 saturated heterocycles. The Kier molecular flexibility index (Phi) is 3.34. The van der Waals surface area contributed by atoms with Gasteiger partial charge in [0, 0.05) is 12.2 Å². The van der Waals surface area contributed by atoms with E-state index >= 15 is 0 Å². The average Bonchev–Trinajstić information content (AvgIpc) is 2.59. The van der Waals surface area contributed by atoms with Gasteiger partial charge >= 0.3 is 0 Å². The number of para-hydroxylation sites is 1. The number of hydrazine groups is 1. The average molecular weight is 273 g/mol. The maximum atomic E-state index is 12.5. The van der Waals surface area contributed by atoms with Gasteiger partial charge in [-0.15, -0.1) is 0 Å². The highest BCUT2D eigenvalue weighted by Gasteiger charge is 2.37. The van der Waals surface area contributed by atoms with E-state index in [1.165, 1.54) is 0 Å². The van der Waals surface area contributed by atoms with Crippen LogP contribution in [0, 0.1) is 0 Å².